The molecule has 4 heterocycles. The molecule has 6 heteroatoms. The lowest BCUT2D eigenvalue weighted by Crippen LogP contribution is -2.56. The second-order valence-corrected chi connectivity index (χ2v) is 7.30. The Balaban J connectivity index is 1.38. The van der Waals surface area contributed by atoms with Gasteiger partial charge >= 0.3 is 0 Å². The fraction of sp³-hybridized carbons (Fsp3) is 0.684. The van der Waals surface area contributed by atoms with Crippen molar-refractivity contribution in [1.29, 1.82) is 5.26 Å². The lowest BCUT2D eigenvalue weighted by Gasteiger charge is -2.48. The Morgan fingerprint density at radius 2 is 1.96 bits per heavy atom. The zero-order valence-electron chi connectivity index (χ0n) is 14.7. The van der Waals surface area contributed by atoms with Crippen LogP contribution >= 0.6 is 0 Å². The minimum atomic E-state index is 0.0489. The highest BCUT2D eigenvalue weighted by Gasteiger charge is 2.41. The van der Waals surface area contributed by atoms with E-state index in [1.807, 2.05) is 12.1 Å². The van der Waals surface area contributed by atoms with E-state index in [9.17, 15) is 5.26 Å². The predicted octanol–water partition coefficient (Wildman–Crippen LogP) is 1.80. The largest absolute Gasteiger partial charge is 0.381 e. The van der Waals surface area contributed by atoms with Crippen LogP contribution in [0.5, 0.6) is 0 Å². The number of nitriles is 1. The number of ether oxygens (including phenoxy) is 2. The van der Waals surface area contributed by atoms with Gasteiger partial charge in [-0.1, -0.05) is 0 Å². The molecule has 1 atom stereocenters. The highest BCUT2D eigenvalue weighted by molar-refractivity contribution is 5.53. The van der Waals surface area contributed by atoms with Crippen LogP contribution in [0.25, 0.3) is 0 Å². The number of hydrogen-bond donors (Lipinski definition) is 0. The van der Waals surface area contributed by atoms with Crippen LogP contribution < -0.4 is 4.90 Å². The third kappa shape index (κ3) is 3.50. The van der Waals surface area contributed by atoms with E-state index >= 15 is 0 Å². The molecular weight excluding hydrogens is 316 g/mol. The Morgan fingerprint density at radius 1 is 1.16 bits per heavy atom. The Hall–Kier alpha value is -1.68. The van der Waals surface area contributed by atoms with Gasteiger partial charge < -0.3 is 14.4 Å². The third-order valence-electron chi connectivity index (χ3n) is 5.91. The molecule has 0 saturated carbocycles. The van der Waals surface area contributed by atoms with E-state index in [4.69, 9.17) is 9.47 Å². The summed E-state index contributed by atoms with van der Waals surface area (Å²) in [7, 11) is 0. The van der Waals surface area contributed by atoms with Crippen molar-refractivity contribution in [3.8, 4) is 6.07 Å². The van der Waals surface area contributed by atoms with E-state index in [-0.39, 0.29) is 5.60 Å². The Bertz CT molecular complexity index is 625. The van der Waals surface area contributed by atoms with Gasteiger partial charge in [0.05, 0.1) is 11.2 Å². The number of rotatable bonds is 2. The highest BCUT2D eigenvalue weighted by atomic mass is 16.5. The van der Waals surface area contributed by atoms with Gasteiger partial charge in [0.25, 0.3) is 0 Å². The van der Waals surface area contributed by atoms with E-state index in [1.54, 1.807) is 6.20 Å². The summed E-state index contributed by atoms with van der Waals surface area (Å²) < 4.78 is 11.7. The summed E-state index contributed by atoms with van der Waals surface area (Å²) in [4.78, 5) is 9.29. The maximum atomic E-state index is 9.29. The molecule has 25 heavy (non-hydrogen) atoms. The molecule has 4 rings (SSSR count). The fourth-order valence-corrected chi connectivity index (χ4v) is 4.44. The maximum absolute atomic E-state index is 9.29. The molecule has 3 aliphatic heterocycles. The van der Waals surface area contributed by atoms with Crippen molar-refractivity contribution >= 4 is 5.82 Å². The summed E-state index contributed by atoms with van der Waals surface area (Å²) in [6.07, 6.45) is 6.08. The molecule has 134 valence electrons. The summed E-state index contributed by atoms with van der Waals surface area (Å²) >= 11 is 0. The number of piperazine rings is 1. The van der Waals surface area contributed by atoms with Gasteiger partial charge in [-0.15, -0.1) is 0 Å². The molecule has 0 aliphatic carbocycles. The van der Waals surface area contributed by atoms with E-state index in [2.05, 4.69) is 20.9 Å². The number of nitrogens with zero attached hydrogens (tertiary/aromatic N) is 4. The van der Waals surface area contributed by atoms with E-state index in [0.717, 1.165) is 77.5 Å². The van der Waals surface area contributed by atoms with Crippen LogP contribution in [0.1, 0.15) is 31.2 Å². The van der Waals surface area contributed by atoms with Crippen LogP contribution in [0.3, 0.4) is 0 Å². The Labute approximate surface area is 149 Å². The van der Waals surface area contributed by atoms with Crippen LogP contribution in [-0.4, -0.2) is 67.5 Å². The van der Waals surface area contributed by atoms with E-state index in [0.29, 0.717) is 11.6 Å². The maximum Gasteiger partial charge on any atom is 0.146 e. The average Bonchev–Trinajstić information content (AvgIpc) is 2.69. The number of aromatic nitrogens is 1. The van der Waals surface area contributed by atoms with Gasteiger partial charge in [-0.2, -0.15) is 5.26 Å². The van der Waals surface area contributed by atoms with Crippen molar-refractivity contribution in [3.05, 3.63) is 23.9 Å². The van der Waals surface area contributed by atoms with Gasteiger partial charge in [-0.3, -0.25) is 4.90 Å². The average molecular weight is 342 g/mol. The first kappa shape index (κ1) is 16.8. The van der Waals surface area contributed by atoms with Gasteiger partial charge in [-0.05, 0) is 37.8 Å². The molecule has 3 fully saturated rings. The molecule has 3 saturated heterocycles. The first-order chi connectivity index (χ1) is 12.3. The minimum Gasteiger partial charge on any atom is -0.381 e. The molecule has 1 spiro atoms. The molecular formula is C19H26N4O2. The zero-order chi connectivity index (χ0) is 17.1. The zero-order valence-corrected chi connectivity index (χ0v) is 14.7. The number of pyridine rings is 1. The summed E-state index contributed by atoms with van der Waals surface area (Å²) in [6.45, 7) is 6.44. The van der Waals surface area contributed by atoms with Crippen molar-refractivity contribution in [2.45, 2.75) is 37.3 Å². The summed E-state index contributed by atoms with van der Waals surface area (Å²) in [5, 5.41) is 9.29. The number of anilines is 1. The van der Waals surface area contributed by atoms with Gasteiger partial charge in [-0.25, -0.2) is 4.98 Å². The van der Waals surface area contributed by atoms with Crippen molar-refractivity contribution in [2.24, 2.45) is 0 Å². The van der Waals surface area contributed by atoms with Crippen molar-refractivity contribution in [1.82, 2.24) is 9.88 Å². The molecule has 1 aromatic rings. The lowest BCUT2D eigenvalue weighted by atomic mass is 9.83. The Morgan fingerprint density at radius 3 is 2.72 bits per heavy atom. The molecule has 1 aromatic heterocycles. The quantitative estimate of drug-likeness (QED) is 0.817. The predicted molar refractivity (Wildman–Crippen MR) is 94.5 cm³/mol. The fourth-order valence-electron chi connectivity index (χ4n) is 4.44. The first-order valence-corrected chi connectivity index (χ1v) is 9.35. The standard InChI is InChI=1S/C19H26N4O2/c20-15-16-2-1-6-21-18(16)23-9-7-22(8-10-23)17-3-11-25-19(14-17)4-12-24-13-5-19/h1-2,6,17H,3-5,7-14H2/t17-/m0/s1. The second-order valence-electron chi connectivity index (χ2n) is 7.30. The summed E-state index contributed by atoms with van der Waals surface area (Å²) in [5.41, 5.74) is 0.718. The van der Waals surface area contributed by atoms with Crippen molar-refractivity contribution in [3.63, 3.8) is 0 Å². The Kier molecular flexibility index (Phi) is 4.89. The van der Waals surface area contributed by atoms with Gasteiger partial charge in [0, 0.05) is 58.2 Å². The number of hydrogen-bond acceptors (Lipinski definition) is 6. The van der Waals surface area contributed by atoms with Crippen LogP contribution in [0.2, 0.25) is 0 Å². The highest BCUT2D eigenvalue weighted by Crippen LogP contribution is 2.36. The summed E-state index contributed by atoms with van der Waals surface area (Å²) in [6, 6.07) is 6.54. The molecule has 0 amide bonds. The molecule has 0 radical (unpaired) electrons. The molecule has 0 N–H and O–H groups in total. The molecule has 3 aliphatic rings. The van der Waals surface area contributed by atoms with Crippen LogP contribution in [0.4, 0.5) is 5.82 Å². The van der Waals surface area contributed by atoms with Crippen LogP contribution in [-0.2, 0) is 9.47 Å². The first-order valence-electron chi connectivity index (χ1n) is 9.35. The summed E-state index contributed by atoms with van der Waals surface area (Å²) in [5.74, 6) is 0.831. The van der Waals surface area contributed by atoms with Crippen LogP contribution in [0.15, 0.2) is 18.3 Å². The van der Waals surface area contributed by atoms with E-state index < -0.39 is 0 Å². The molecule has 0 unspecified atom stereocenters. The molecule has 0 aromatic carbocycles. The molecule has 0 bridgehead atoms. The molecule has 6 nitrogen and oxygen atoms in total. The van der Waals surface area contributed by atoms with Crippen molar-refractivity contribution in [2.75, 3.05) is 50.9 Å². The normalized spacial score (nSPS) is 27.2. The van der Waals surface area contributed by atoms with Crippen molar-refractivity contribution < 1.29 is 9.47 Å². The minimum absolute atomic E-state index is 0.0489. The van der Waals surface area contributed by atoms with Gasteiger partial charge in [0.2, 0.25) is 0 Å². The van der Waals surface area contributed by atoms with Gasteiger partial charge in [0.15, 0.2) is 0 Å². The monoisotopic (exact) mass is 342 g/mol. The van der Waals surface area contributed by atoms with E-state index in [1.165, 1.54) is 0 Å². The van der Waals surface area contributed by atoms with Gasteiger partial charge in [0.1, 0.15) is 11.9 Å². The topological polar surface area (TPSA) is 61.6 Å². The smallest absolute Gasteiger partial charge is 0.146 e. The van der Waals surface area contributed by atoms with Crippen LogP contribution in [0, 0.1) is 11.3 Å². The lowest BCUT2D eigenvalue weighted by molar-refractivity contribution is -0.151. The SMILES string of the molecule is N#Cc1cccnc1N1CCN([C@H]2CCOC3(CCOCC3)C2)CC1. The third-order valence-corrected chi connectivity index (χ3v) is 5.91. The second kappa shape index (κ2) is 7.28.